The van der Waals surface area contributed by atoms with Crippen LogP contribution in [-0.2, 0) is 23.0 Å². The van der Waals surface area contributed by atoms with E-state index in [4.69, 9.17) is 0 Å². The van der Waals surface area contributed by atoms with E-state index in [9.17, 15) is 8.42 Å². The number of hydrogen-bond acceptors (Lipinski definition) is 6. The average molecular weight is 346 g/mol. The monoisotopic (exact) mass is 345 g/mol. The molecule has 0 saturated carbocycles. The van der Waals surface area contributed by atoms with Crippen molar-refractivity contribution in [2.45, 2.75) is 30.5 Å². The lowest BCUT2D eigenvalue weighted by atomic mass is 10.3. The Morgan fingerprint density at radius 3 is 2.86 bits per heavy atom. The zero-order chi connectivity index (χ0) is 15.1. The molecular formula is C13H19N3O2S3. The number of thiazole rings is 1. The van der Waals surface area contributed by atoms with Gasteiger partial charge in [-0.1, -0.05) is 6.92 Å². The van der Waals surface area contributed by atoms with Crippen LogP contribution in [0.1, 0.15) is 23.9 Å². The summed E-state index contributed by atoms with van der Waals surface area (Å²) in [5, 5.41) is 7.98. The fourth-order valence-electron chi connectivity index (χ4n) is 1.74. The molecule has 116 valence electrons. The first-order chi connectivity index (χ1) is 10.1. The molecule has 0 amide bonds. The fraction of sp³-hybridized carbons (Fsp3) is 0.462. The van der Waals surface area contributed by atoms with E-state index in [0.29, 0.717) is 23.7 Å². The second-order valence-corrected chi connectivity index (χ2v) is 8.41. The van der Waals surface area contributed by atoms with Crippen molar-refractivity contribution < 1.29 is 8.42 Å². The molecule has 2 aromatic rings. The number of thiophene rings is 1. The largest absolute Gasteiger partial charge is 0.313 e. The van der Waals surface area contributed by atoms with E-state index in [-0.39, 0.29) is 0 Å². The van der Waals surface area contributed by atoms with Gasteiger partial charge < -0.3 is 5.32 Å². The van der Waals surface area contributed by atoms with Gasteiger partial charge in [-0.2, -0.15) is 0 Å². The second-order valence-electron chi connectivity index (χ2n) is 4.52. The fourth-order valence-corrected chi connectivity index (χ4v) is 4.64. The maximum atomic E-state index is 12.2. The van der Waals surface area contributed by atoms with Gasteiger partial charge >= 0.3 is 0 Å². The number of sulfonamides is 1. The number of hydrogen-bond donors (Lipinski definition) is 2. The minimum absolute atomic E-state index is 0.370. The van der Waals surface area contributed by atoms with E-state index in [0.717, 1.165) is 23.5 Å². The number of nitrogens with zero attached hydrogens (tertiary/aromatic N) is 1. The average Bonchev–Trinajstić information content (AvgIpc) is 3.10. The molecule has 2 aromatic heterocycles. The van der Waals surface area contributed by atoms with Crippen LogP contribution in [0.25, 0.3) is 0 Å². The predicted molar refractivity (Wildman–Crippen MR) is 87.3 cm³/mol. The highest BCUT2D eigenvalue weighted by molar-refractivity contribution is 7.91. The molecule has 21 heavy (non-hydrogen) atoms. The van der Waals surface area contributed by atoms with E-state index in [1.54, 1.807) is 12.3 Å². The third-order valence-corrected chi connectivity index (χ3v) is 6.55. The summed E-state index contributed by atoms with van der Waals surface area (Å²) in [7, 11) is -3.41. The summed E-state index contributed by atoms with van der Waals surface area (Å²) in [5.41, 5.74) is 1.01. The van der Waals surface area contributed by atoms with Gasteiger partial charge in [0, 0.05) is 31.1 Å². The van der Waals surface area contributed by atoms with E-state index >= 15 is 0 Å². The molecule has 0 saturated heterocycles. The minimum atomic E-state index is -3.41. The van der Waals surface area contributed by atoms with Gasteiger partial charge in [0.2, 0.25) is 10.0 Å². The van der Waals surface area contributed by atoms with Gasteiger partial charge in [-0.25, -0.2) is 18.1 Å². The molecule has 2 rings (SSSR count). The number of aromatic nitrogens is 1. The van der Waals surface area contributed by atoms with E-state index < -0.39 is 10.0 Å². The van der Waals surface area contributed by atoms with Crippen LogP contribution in [-0.4, -0.2) is 26.5 Å². The maximum absolute atomic E-state index is 12.2. The summed E-state index contributed by atoms with van der Waals surface area (Å²) in [6.07, 6.45) is 3.41. The van der Waals surface area contributed by atoms with Gasteiger partial charge in [-0.05, 0) is 30.0 Å². The summed E-state index contributed by atoms with van der Waals surface area (Å²) in [4.78, 5) is 4.13. The van der Waals surface area contributed by atoms with Gasteiger partial charge in [-0.15, -0.1) is 22.7 Å². The van der Waals surface area contributed by atoms with Crippen LogP contribution in [0.5, 0.6) is 0 Å². The molecule has 0 radical (unpaired) electrons. The van der Waals surface area contributed by atoms with Crippen molar-refractivity contribution in [2.24, 2.45) is 0 Å². The van der Waals surface area contributed by atoms with Crippen LogP contribution in [0.3, 0.4) is 0 Å². The molecule has 0 unspecified atom stereocenters. The van der Waals surface area contributed by atoms with Gasteiger partial charge in [0.05, 0.1) is 5.01 Å². The van der Waals surface area contributed by atoms with Crippen LogP contribution in [0.15, 0.2) is 27.2 Å². The molecular weight excluding hydrogens is 326 g/mol. The Kier molecular flexibility index (Phi) is 6.31. The Labute approximate surface area is 133 Å². The molecule has 0 aromatic carbocycles. The smallest absolute Gasteiger partial charge is 0.250 e. The SMILES string of the molecule is CCCNCc1csc(S(=O)(=O)NCCc2nccs2)c1. The third-order valence-electron chi connectivity index (χ3n) is 2.76. The van der Waals surface area contributed by atoms with Crippen molar-refractivity contribution in [3.8, 4) is 0 Å². The van der Waals surface area contributed by atoms with Crippen LogP contribution in [0.4, 0.5) is 0 Å². The van der Waals surface area contributed by atoms with E-state index in [2.05, 4.69) is 21.9 Å². The summed E-state index contributed by atoms with van der Waals surface area (Å²) >= 11 is 2.79. The highest BCUT2D eigenvalue weighted by Gasteiger charge is 2.16. The van der Waals surface area contributed by atoms with Crippen molar-refractivity contribution in [1.29, 1.82) is 0 Å². The van der Waals surface area contributed by atoms with Crippen molar-refractivity contribution >= 4 is 32.7 Å². The molecule has 5 nitrogen and oxygen atoms in total. The molecule has 0 fully saturated rings. The van der Waals surface area contributed by atoms with Crippen molar-refractivity contribution in [3.05, 3.63) is 33.6 Å². The molecule has 0 bridgehead atoms. The summed E-state index contributed by atoms with van der Waals surface area (Å²) in [5.74, 6) is 0. The van der Waals surface area contributed by atoms with Gasteiger partial charge in [0.15, 0.2) is 0 Å². The first-order valence-electron chi connectivity index (χ1n) is 6.78. The minimum Gasteiger partial charge on any atom is -0.313 e. The topological polar surface area (TPSA) is 71.1 Å². The molecule has 0 atom stereocenters. The molecule has 2 heterocycles. The molecule has 0 aliphatic carbocycles. The van der Waals surface area contributed by atoms with Crippen LogP contribution in [0, 0.1) is 0 Å². The van der Waals surface area contributed by atoms with Crippen molar-refractivity contribution in [2.75, 3.05) is 13.1 Å². The molecule has 8 heteroatoms. The third kappa shape index (κ3) is 5.15. The summed E-state index contributed by atoms with van der Waals surface area (Å²) < 4.78 is 27.3. The lowest BCUT2D eigenvalue weighted by Gasteiger charge is -2.03. The highest BCUT2D eigenvalue weighted by atomic mass is 32.2. The molecule has 0 spiro atoms. The first-order valence-corrected chi connectivity index (χ1v) is 10.0. The van der Waals surface area contributed by atoms with Gasteiger partial charge in [0.1, 0.15) is 4.21 Å². The lowest BCUT2D eigenvalue weighted by Crippen LogP contribution is -2.25. The second kappa shape index (κ2) is 8.00. The summed E-state index contributed by atoms with van der Waals surface area (Å²) in [6, 6.07) is 1.74. The van der Waals surface area contributed by atoms with E-state index in [1.807, 2.05) is 10.8 Å². The van der Waals surface area contributed by atoms with Crippen molar-refractivity contribution in [3.63, 3.8) is 0 Å². The maximum Gasteiger partial charge on any atom is 0.250 e. The standard InChI is InChI=1S/C13H19N3O2S3/c1-2-4-14-9-11-8-13(20-10-11)21(17,18)16-5-3-12-15-6-7-19-12/h6-8,10,14,16H,2-5,9H2,1H3. The lowest BCUT2D eigenvalue weighted by molar-refractivity contribution is 0.583. The normalized spacial score (nSPS) is 11.9. The highest BCUT2D eigenvalue weighted by Crippen LogP contribution is 2.20. The Morgan fingerprint density at radius 1 is 1.29 bits per heavy atom. The number of nitrogens with one attached hydrogen (secondary N) is 2. The van der Waals surface area contributed by atoms with E-state index in [1.165, 1.54) is 22.7 Å². The Balaban J connectivity index is 1.86. The molecule has 2 N–H and O–H groups in total. The Bertz CT molecular complexity index is 635. The Morgan fingerprint density at radius 2 is 2.14 bits per heavy atom. The van der Waals surface area contributed by atoms with Gasteiger partial charge in [0.25, 0.3) is 0 Å². The van der Waals surface area contributed by atoms with Crippen molar-refractivity contribution in [1.82, 2.24) is 15.0 Å². The molecule has 0 aliphatic heterocycles. The Hall–Kier alpha value is -0.800. The number of rotatable bonds is 9. The predicted octanol–water partition coefficient (Wildman–Crippen LogP) is 2.23. The quantitative estimate of drug-likeness (QED) is 0.684. The van der Waals surface area contributed by atoms with Crippen LogP contribution < -0.4 is 10.0 Å². The zero-order valence-corrected chi connectivity index (χ0v) is 14.3. The van der Waals surface area contributed by atoms with Crippen LogP contribution in [0.2, 0.25) is 0 Å². The van der Waals surface area contributed by atoms with Gasteiger partial charge in [-0.3, -0.25) is 0 Å². The van der Waals surface area contributed by atoms with Crippen LogP contribution >= 0.6 is 22.7 Å². The first kappa shape index (κ1) is 16.6. The molecule has 0 aliphatic rings. The summed E-state index contributed by atoms with van der Waals surface area (Å²) in [6.45, 7) is 4.11. The zero-order valence-electron chi connectivity index (χ0n) is 11.8.